The Morgan fingerprint density at radius 1 is 1.39 bits per heavy atom. The Labute approximate surface area is 109 Å². The Hall–Kier alpha value is -1.38. The van der Waals surface area contributed by atoms with Crippen molar-refractivity contribution in [3.05, 3.63) is 30.1 Å². The van der Waals surface area contributed by atoms with Crippen LogP contribution in [0.25, 0.3) is 0 Å². The van der Waals surface area contributed by atoms with E-state index in [0.717, 1.165) is 17.9 Å². The van der Waals surface area contributed by atoms with E-state index in [4.69, 9.17) is 4.74 Å². The predicted molar refractivity (Wildman–Crippen MR) is 69.8 cm³/mol. The van der Waals surface area contributed by atoms with E-state index in [9.17, 15) is 4.79 Å². The van der Waals surface area contributed by atoms with Crippen LogP contribution in [0.4, 0.5) is 0 Å². The van der Waals surface area contributed by atoms with Crippen molar-refractivity contribution in [3.63, 3.8) is 0 Å². The molecular formula is C15H21NO2. The number of hydrogen-bond donors (Lipinski definition) is 0. The minimum absolute atomic E-state index is 0.0862. The average Bonchev–Trinajstić information content (AvgIpc) is 2.91. The molecule has 1 aromatic rings. The lowest BCUT2D eigenvalue weighted by molar-refractivity contribution is -0.145. The molecule has 0 spiro atoms. The predicted octanol–water partition coefficient (Wildman–Crippen LogP) is 3.49. The molecule has 0 atom stereocenters. The van der Waals surface area contributed by atoms with Crippen LogP contribution in [-0.4, -0.2) is 11.0 Å². The first-order chi connectivity index (χ1) is 8.84. The number of carbonyl (C=O) groups is 1. The summed E-state index contributed by atoms with van der Waals surface area (Å²) in [4.78, 5) is 15.5. The minimum atomic E-state index is -0.0862. The van der Waals surface area contributed by atoms with Crippen molar-refractivity contribution in [1.82, 2.24) is 4.98 Å². The maximum atomic E-state index is 11.5. The first-order valence-electron chi connectivity index (χ1n) is 6.89. The molecule has 1 aliphatic rings. The van der Waals surface area contributed by atoms with E-state index in [2.05, 4.69) is 4.98 Å². The van der Waals surface area contributed by atoms with Crippen molar-refractivity contribution in [3.8, 4) is 0 Å². The van der Waals surface area contributed by atoms with Gasteiger partial charge in [-0.3, -0.25) is 9.78 Å². The van der Waals surface area contributed by atoms with Gasteiger partial charge in [0.1, 0.15) is 6.61 Å². The van der Waals surface area contributed by atoms with E-state index in [0.29, 0.717) is 13.0 Å². The molecule has 2 rings (SSSR count). The first kappa shape index (κ1) is 13.1. The molecule has 0 saturated heterocycles. The van der Waals surface area contributed by atoms with Crippen molar-refractivity contribution >= 4 is 5.97 Å². The van der Waals surface area contributed by atoms with Crippen molar-refractivity contribution in [2.45, 2.75) is 51.6 Å². The molecule has 0 bridgehead atoms. The molecule has 0 amide bonds. The fraction of sp³-hybridized carbons (Fsp3) is 0.600. The van der Waals surface area contributed by atoms with Crippen molar-refractivity contribution in [1.29, 1.82) is 0 Å². The molecule has 0 radical (unpaired) electrons. The van der Waals surface area contributed by atoms with Gasteiger partial charge in [-0.2, -0.15) is 0 Å². The highest BCUT2D eigenvalue weighted by Crippen LogP contribution is 2.28. The van der Waals surface area contributed by atoms with Crippen LogP contribution in [0, 0.1) is 5.92 Å². The van der Waals surface area contributed by atoms with E-state index in [-0.39, 0.29) is 5.97 Å². The second kappa shape index (κ2) is 7.14. The summed E-state index contributed by atoms with van der Waals surface area (Å²) in [7, 11) is 0. The zero-order valence-electron chi connectivity index (χ0n) is 10.8. The van der Waals surface area contributed by atoms with E-state index < -0.39 is 0 Å². The van der Waals surface area contributed by atoms with Gasteiger partial charge in [-0.15, -0.1) is 0 Å². The SMILES string of the molecule is O=C(CCCC1CCCC1)OCc1cccnc1. The number of ether oxygens (including phenoxy) is 1. The number of aromatic nitrogens is 1. The second-order valence-electron chi connectivity index (χ2n) is 5.06. The molecule has 1 aliphatic carbocycles. The molecule has 0 aliphatic heterocycles. The largest absolute Gasteiger partial charge is 0.461 e. The lowest BCUT2D eigenvalue weighted by Gasteiger charge is -2.08. The summed E-state index contributed by atoms with van der Waals surface area (Å²) in [6.45, 7) is 0.343. The standard InChI is InChI=1S/C15H21NO2/c17-15(9-3-7-13-5-1-2-6-13)18-12-14-8-4-10-16-11-14/h4,8,10-11,13H,1-3,5-7,9,12H2. The maximum absolute atomic E-state index is 11.5. The first-order valence-corrected chi connectivity index (χ1v) is 6.89. The third-order valence-corrected chi connectivity index (χ3v) is 3.59. The van der Waals surface area contributed by atoms with Crippen molar-refractivity contribution in [2.75, 3.05) is 0 Å². The van der Waals surface area contributed by atoms with Crippen LogP contribution in [0.1, 0.15) is 50.5 Å². The lowest BCUT2D eigenvalue weighted by atomic mass is 10.0. The molecule has 3 heteroatoms. The normalized spacial score (nSPS) is 15.8. The van der Waals surface area contributed by atoms with Gasteiger partial charge in [-0.1, -0.05) is 31.7 Å². The fourth-order valence-electron chi connectivity index (χ4n) is 2.55. The summed E-state index contributed by atoms with van der Waals surface area (Å²) in [6.07, 6.45) is 11.6. The van der Waals surface area contributed by atoms with Crippen molar-refractivity contribution in [2.24, 2.45) is 5.92 Å². The number of pyridine rings is 1. The summed E-state index contributed by atoms with van der Waals surface area (Å²) >= 11 is 0. The highest BCUT2D eigenvalue weighted by molar-refractivity contribution is 5.69. The highest BCUT2D eigenvalue weighted by atomic mass is 16.5. The molecule has 98 valence electrons. The van der Waals surface area contributed by atoms with E-state index in [1.54, 1.807) is 12.4 Å². The summed E-state index contributed by atoms with van der Waals surface area (Å²) < 4.78 is 5.21. The van der Waals surface area contributed by atoms with Gasteiger partial charge in [0.2, 0.25) is 0 Å². The quantitative estimate of drug-likeness (QED) is 0.722. The molecule has 1 saturated carbocycles. The molecule has 0 N–H and O–H groups in total. The highest BCUT2D eigenvalue weighted by Gasteiger charge is 2.15. The Morgan fingerprint density at radius 2 is 2.22 bits per heavy atom. The summed E-state index contributed by atoms with van der Waals surface area (Å²) in [5.41, 5.74) is 0.946. The smallest absolute Gasteiger partial charge is 0.306 e. The maximum Gasteiger partial charge on any atom is 0.306 e. The van der Waals surface area contributed by atoms with E-state index >= 15 is 0 Å². The Morgan fingerprint density at radius 3 is 2.94 bits per heavy atom. The van der Waals surface area contributed by atoms with Crippen LogP contribution in [0.2, 0.25) is 0 Å². The Bertz CT molecular complexity index is 358. The zero-order chi connectivity index (χ0) is 12.6. The molecule has 18 heavy (non-hydrogen) atoms. The van der Waals surface area contributed by atoms with Crippen LogP contribution >= 0.6 is 0 Å². The van der Waals surface area contributed by atoms with Crippen LogP contribution in [-0.2, 0) is 16.1 Å². The van der Waals surface area contributed by atoms with Gasteiger partial charge in [0.05, 0.1) is 0 Å². The van der Waals surface area contributed by atoms with Gasteiger partial charge in [-0.25, -0.2) is 0 Å². The lowest BCUT2D eigenvalue weighted by Crippen LogP contribution is -2.05. The van der Waals surface area contributed by atoms with Gasteiger partial charge in [0.15, 0.2) is 0 Å². The molecule has 0 unspecified atom stereocenters. The van der Waals surface area contributed by atoms with Crippen LogP contribution in [0.3, 0.4) is 0 Å². The number of hydrogen-bond acceptors (Lipinski definition) is 3. The summed E-state index contributed by atoms with van der Waals surface area (Å²) in [5.74, 6) is 0.771. The van der Waals surface area contributed by atoms with Crippen LogP contribution < -0.4 is 0 Å². The summed E-state index contributed by atoms with van der Waals surface area (Å²) in [5, 5.41) is 0. The fourth-order valence-corrected chi connectivity index (χ4v) is 2.55. The van der Waals surface area contributed by atoms with Crippen LogP contribution in [0.5, 0.6) is 0 Å². The molecular weight excluding hydrogens is 226 g/mol. The number of nitrogens with zero attached hydrogens (tertiary/aromatic N) is 1. The van der Waals surface area contributed by atoms with Gasteiger partial charge >= 0.3 is 5.97 Å². The van der Waals surface area contributed by atoms with Gasteiger partial charge in [0.25, 0.3) is 0 Å². The number of rotatable bonds is 6. The molecule has 1 heterocycles. The van der Waals surface area contributed by atoms with Crippen LogP contribution in [0.15, 0.2) is 24.5 Å². The third-order valence-electron chi connectivity index (χ3n) is 3.59. The molecule has 1 aromatic heterocycles. The molecule has 3 nitrogen and oxygen atoms in total. The third kappa shape index (κ3) is 4.47. The van der Waals surface area contributed by atoms with E-state index in [1.807, 2.05) is 12.1 Å². The minimum Gasteiger partial charge on any atom is -0.461 e. The number of esters is 1. The number of carbonyl (C=O) groups excluding carboxylic acids is 1. The monoisotopic (exact) mass is 247 g/mol. The average molecular weight is 247 g/mol. The zero-order valence-corrected chi connectivity index (χ0v) is 10.8. The molecule has 1 fully saturated rings. The van der Waals surface area contributed by atoms with Gasteiger partial charge < -0.3 is 4.74 Å². The Balaban J connectivity index is 1.57. The van der Waals surface area contributed by atoms with Gasteiger partial charge in [0, 0.05) is 24.4 Å². The molecule has 0 aromatic carbocycles. The topological polar surface area (TPSA) is 39.2 Å². The summed E-state index contributed by atoms with van der Waals surface area (Å²) in [6, 6.07) is 3.77. The van der Waals surface area contributed by atoms with E-state index in [1.165, 1.54) is 32.1 Å². The second-order valence-corrected chi connectivity index (χ2v) is 5.06. The Kier molecular flexibility index (Phi) is 5.18. The van der Waals surface area contributed by atoms with Gasteiger partial charge in [-0.05, 0) is 24.8 Å². The van der Waals surface area contributed by atoms with Crippen molar-refractivity contribution < 1.29 is 9.53 Å².